The largest absolute Gasteiger partial charge is 0.422 e. The Balaban J connectivity index is 1.67. The maximum atomic E-state index is 14.8. The molecule has 0 aliphatic rings. The maximum absolute atomic E-state index is 14.8. The Hall–Kier alpha value is -3.93. The zero-order chi connectivity index (χ0) is 25.5. The van der Waals surface area contributed by atoms with Crippen LogP contribution in [0.2, 0.25) is 0 Å². The quantitative estimate of drug-likeness (QED) is 0.410. The molecule has 0 fully saturated rings. The SMILES string of the molecule is Cc1cccc(-c2nc(N)c(F)c(-c3cn(Cc4cccc(C(C)(O)C(F)(F)F)n4)nn3)n2)c1C. The fraction of sp³-hybridized carbons (Fsp3) is 0.261. The Morgan fingerprint density at radius 2 is 1.74 bits per heavy atom. The van der Waals surface area contributed by atoms with E-state index in [4.69, 9.17) is 5.73 Å². The molecule has 0 bridgehead atoms. The highest BCUT2D eigenvalue weighted by molar-refractivity contribution is 5.67. The fourth-order valence-corrected chi connectivity index (χ4v) is 3.38. The maximum Gasteiger partial charge on any atom is 0.422 e. The van der Waals surface area contributed by atoms with E-state index in [1.807, 2.05) is 26.0 Å². The van der Waals surface area contributed by atoms with Crippen molar-refractivity contribution in [3.05, 3.63) is 70.9 Å². The van der Waals surface area contributed by atoms with Gasteiger partial charge in [-0.05, 0) is 44.0 Å². The van der Waals surface area contributed by atoms with Gasteiger partial charge in [-0.2, -0.15) is 13.2 Å². The Morgan fingerprint density at radius 3 is 2.46 bits per heavy atom. The Kier molecular flexibility index (Phi) is 6.01. The van der Waals surface area contributed by atoms with Crippen molar-refractivity contribution in [2.45, 2.75) is 39.1 Å². The van der Waals surface area contributed by atoms with Crippen molar-refractivity contribution in [2.75, 3.05) is 5.73 Å². The monoisotopic (exact) mass is 487 g/mol. The molecular formula is C23H21F4N7O. The lowest BCUT2D eigenvalue weighted by molar-refractivity contribution is -0.260. The average Bonchev–Trinajstić information content (AvgIpc) is 3.25. The number of benzene rings is 1. The molecule has 12 heteroatoms. The molecule has 0 aliphatic heterocycles. The smallest absolute Gasteiger partial charge is 0.381 e. The van der Waals surface area contributed by atoms with Crippen molar-refractivity contribution in [1.82, 2.24) is 29.9 Å². The molecule has 1 unspecified atom stereocenters. The van der Waals surface area contributed by atoms with E-state index in [1.54, 1.807) is 6.07 Å². The second-order valence-electron chi connectivity index (χ2n) is 8.23. The highest BCUT2D eigenvalue weighted by Gasteiger charge is 2.52. The molecule has 0 spiro atoms. The van der Waals surface area contributed by atoms with Crippen LogP contribution in [-0.4, -0.2) is 41.2 Å². The van der Waals surface area contributed by atoms with Crippen LogP contribution >= 0.6 is 0 Å². The summed E-state index contributed by atoms with van der Waals surface area (Å²) in [6.07, 6.45) is -3.54. The van der Waals surface area contributed by atoms with Crippen LogP contribution < -0.4 is 5.73 Å². The standard InChI is InChI=1S/C23H21F4N7O/c1-12-6-4-8-15(13(12)2)21-30-19(18(24)20(28)31-21)16-11-34(33-32-16)10-14-7-5-9-17(29-14)22(3,35)23(25,26)27/h4-9,11,35H,10H2,1-3H3,(H2,28,30,31). The minimum absolute atomic E-state index is 0.0570. The highest BCUT2D eigenvalue weighted by atomic mass is 19.4. The lowest BCUT2D eigenvalue weighted by atomic mass is 10.0. The molecule has 182 valence electrons. The van der Waals surface area contributed by atoms with Crippen LogP contribution in [0.25, 0.3) is 22.8 Å². The number of aryl methyl sites for hydroxylation is 1. The minimum Gasteiger partial charge on any atom is -0.381 e. The Bertz CT molecular complexity index is 1400. The summed E-state index contributed by atoms with van der Waals surface area (Å²) < 4.78 is 55.6. The number of hydrogen-bond donors (Lipinski definition) is 2. The fourth-order valence-electron chi connectivity index (χ4n) is 3.38. The first kappa shape index (κ1) is 24.2. The number of pyridine rings is 1. The molecule has 3 N–H and O–H groups in total. The lowest BCUT2D eigenvalue weighted by Gasteiger charge is -2.25. The predicted octanol–water partition coefficient (Wildman–Crippen LogP) is 3.95. The topological polar surface area (TPSA) is 116 Å². The van der Waals surface area contributed by atoms with Crippen molar-refractivity contribution in [1.29, 1.82) is 0 Å². The first-order valence-corrected chi connectivity index (χ1v) is 10.4. The molecule has 35 heavy (non-hydrogen) atoms. The number of nitrogen functional groups attached to an aromatic ring is 1. The summed E-state index contributed by atoms with van der Waals surface area (Å²) in [6.45, 7) is 4.36. The Labute approximate surface area is 197 Å². The summed E-state index contributed by atoms with van der Waals surface area (Å²) in [7, 11) is 0. The van der Waals surface area contributed by atoms with E-state index in [-0.39, 0.29) is 35.3 Å². The third-order valence-electron chi connectivity index (χ3n) is 5.69. The van der Waals surface area contributed by atoms with Crippen LogP contribution in [-0.2, 0) is 12.1 Å². The molecule has 0 aliphatic carbocycles. The van der Waals surface area contributed by atoms with E-state index in [9.17, 15) is 22.7 Å². The van der Waals surface area contributed by atoms with Crippen molar-refractivity contribution >= 4 is 5.82 Å². The number of hydrogen-bond acceptors (Lipinski definition) is 7. The average molecular weight is 487 g/mol. The summed E-state index contributed by atoms with van der Waals surface area (Å²) in [5.74, 6) is -1.00. The van der Waals surface area contributed by atoms with E-state index in [0.29, 0.717) is 12.5 Å². The Morgan fingerprint density at radius 1 is 1.03 bits per heavy atom. The van der Waals surface area contributed by atoms with Crippen LogP contribution in [0.15, 0.2) is 42.6 Å². The molecule has 0 amide bonds. The molecule has 3 heterocycles. The van der Waals surface area contributed by atoms with Crippen molar-refractivity contribution in [2.24, 2.45) is 0 Å². The molecular weight excluding hydrogens is 466 g/mol. The van der Waals surface area contributed by atoms with Gasteiger partial charge in [0, 0.05) is 5.56 Å². The normalized spacial score (nSPS) is 13.6. The predicted molar refractivity (Wildman–Crippen MR) is 119 cm³/mol. The number of aromatic nitrogens is 6. The van der Waals surface area contributed by atoms with Gasteiger partial charge in [0.1, 0.15) is 11.4 Å². The van der Waals surface area contributed by atoms with Gasteiger partial charge < -0.3 is 10.8 Å². The summed E-state index contributed by atoms with van der Waals surface area (Å²) in [5, 5.41) is 17.7. The van der Waals surface area contributed by atoms with Crippen molar-refractivity contribution in [3.8, 4) is 22.8 Å². The van der Waals surface area contributed by atoms with Gasteiger partial charge in [0.15, 0.2) is 23.1 Å². The number of nitrogens with zero attached hydrogens (tertiary/aromatic N) is 6. The van der Waals surface area contributed by atoms with Gasteiger partial charge in [-0.25, -0.2) is 19.0 Å². The number of aliphatic hydroxyl groups is 1. The number of rotatable bonds is 5. The van der Waals surface area contributed by atoms with Crippen LogP contribution in [0.1, 0.15) is 29.4 Å². The van der Waals surface area contributed by atoms with Gasteiger partial charge in [0.05, 0.1) is 24.1 Å². The summed E-state index contributed by atoms with van der Waals surface area (Å²) in [5.41, 5.74) is 4.79. The molecule has 0 saturated carbocycles. The molecule has 4 rings (SSSR count). The van der Waals surface area contributed by atoms with E-state index < -0.39 is 23.3 Å². The lowest BCUT2D eigenvalue weighted by Crippen LogP contribution is -2.40. The zero-order valence-corrected chi connectivity index (χ0v) is 19.0. The number of alkyl halides is 3. The van der Waals surface area contributed by atoms with Gasteiger partial charge in [-0.15, -0.1) is 5.10 Å². The van der Waals surface area contributed by atoms with Crippen LogP contribution in [0.4, 0.5) is 23.4 Å². The van der Waals surface area contributed by atoms with Crippen LogP contribution in [0.3, 0.4) is 0 Å². The van der Waals surface area contributed by atoms with E-state index in [2.05, 4.69) is 25.3 Å². The summed E-state index contributed by atoms with van der Waals surface area (Å²) in [6, 6.07) is 9.45. The molecule has 0 saturated heterocycles. The molecule has 1 aromatic carbocycles. The molecule has 1 atom stereocenters. The van der Waals surface area contributed by atoms with Crippen LogP contribution in [0.5, 0.6) is 0 Å². The van der Waals surface area contributed by atoms with Gasteiger partial charge in [-0.1, -0.05) is 29.5 Å². The summed E-state index contributed by atoms with van der Waals surface area (Å²) in [4.78, 5) is 12.3. The van der Waals surface area contributed by atoms with Gasteiger partial charge in [0.2, 0.25) is 0 Å². The van der Waals surface area contributed by atoms with E-state index >= 15 is 0 Å². The first-order valence-electron chi connectivity index (χ1n) is 10.4. The van der Waals surface area contributed by atoms with Gasteiger partial charge in [0.25, 0.3) is 0 Å². The second-order valence-corrected chi connectivity index (χ2v) is 8.23. The number of halogens is 4. The molecule has 0 radical (unpaired) electrons. The number of anilines is 1. The highest BCUT2D eigenvalue weighted by Crippen LogP contribution is 2.37. The first-order chi connectivity index (χ1) is 16.4. The van der Waals surface area contributed by atoms with Gasteiger partial charge >= 0.3 is 6.18 Å². The van der Waals surface area contributed by atoms with Crippen molar-refractivity contribution < 1.29 is 22.7 Å². The molecule has 4 aromatic rings. The van der Waals surface area contributed by atoms with Gasteiger partial charge in [-0.3, -0.25) is 4.98 Å². The molecule has 3 aromatic heterocycles. The second kappa shape index (κ2) is 8.69. The minimum atomic E-state index is -4.91. The van der Waals surface area contributed by atoms with Crippen LogP contribution in [0, 0.1) is 19.7 Å². The van der Waals surface area contributed by atoms with E-state index in [0.717, 1.165) is 17.2 Å². The third kappa shape index (κ3) is 4.56. The molecule has 8 nitrogen and oxygen atoms in total. The number of nitrogens with two attached hydrogens (primary N) is 1. The van der Waals surface area contributed by atoms with Crippen molar-refractivity contribution in [3.63, 3.8) is 0 Å². The third-order valence-corrected chi connectivity index (χ3v) is 5.69. The zero-order valence-electron chi connectivity index (χ0n) is 19.0. The van der Waals surface area contributed by atoms with E-state index in [1.165, 1.54) is 23.0 Å². The summed E-state index contributed by atoms with van der Waals surface area (Å²) >= 11 is 0.